The van der Waals surface area contributed by atoms with Crippen molar-refractivity contribution in [2.75, 3.05) is 5.88 Å². The van der Waals surface area contributed by atoms with Gasteiger partial charge < -0.3 is 5.11 Å². The Bertz CT molecular complexity index is 295. The average molecular weight is 223 g/mol. The van der Waals surface area contributed by atoms with Crippen LogP contribution in [0.1, 0.15) is 12.0 Å². The van der Waals surface area contributed by atoms with Crippen LogP contribution in [0.25, 0.3) is 5.76 Å². The molecule has 0 unspecified atom stereocenters. The van der Waals surface area contributed by atoms with Crippen molar-refractivity contribution in [2.24, 2.45) is 0 Å². The molecule has 0 radical (unpaired) electrons. The van der Waals surface area contributed by atoms with Crippen molar-refractivity contribution >= 4 is 29.0 Å². The standard InChI is InChI=1S/C10H10Cl2O.Li/c11-7-1-2-10(13)8-3-5-9(12)6-4-8;/h2-6,13H,1,7H2;/q;+1/p-1/b10-2+;. The van der Waals surface area contributed by atoms with E-state index in [1.165, 1.54) is 0 Å². The summed E-state index contributed by atoms with van der Waals surface area (Å²) in [6, 6.07) is 6.80. The summed E-state index contributed by atoms with van der Waals surface area (Å²) in [7, 11) is 0. The molecule has 0 saturated heterocycles. The SMILES string of the molecule is [Li+].[O-]/C(=C/CCCl)c1ccc(Cl)cc1. The van der Waals surface area contributed by atoms with Crippen LogP contribution in [0, 0.1) is 0 Å². The van der Waals surface area contributed by atoms with Gasteiger partial charge in [0.05, 0.1) is 0 Å². The molecular formula is C10H9Cl2LiO. The predicted molar refractivity (Wildman–Crippen MR) is 54.8 cm³/mol. The van der Waals surface area contributed by atoms with Gasteiger partial charge in [0.1, 0.15) is 0 Å². The summed E-state index contributed by atoms with van der Waals surface area (Å²) in [5, 5.41) is 12.0. The van der Waals surface area contributed by atoms with Crippen molar-refractivity contribution in [3.63, 3.8) is 0 Å². The molecule has 1 nitrogen and oxygen atoms in total. The maximum atomic E-state index is 11.4. The van der Waals surface area contributed by atoms with E-state index in [-0.39, 0.29) is 24.6 Å². The summed E-state index contributed by atoms with van der Waals surface area (Å²) in [6.45, 7) is 0. The minimum absolute atomic E-state index is 0. The molecule has 14 heavy (non-hydrogen) atoms. The minimum Gasteiger partial charge on any atom is -0.872 e. The zero-order valence-electron chi connectivity index (χ0n) is 7.97. The third kappa shape index (κ3) is 4.44. The largest absolute Gasteiger partial charge is 1.00 e. The number of rotatable bonds is 3. The van der Waals surface area contributed by atoms with Gasteiger partial charge in [0.15, 0.2) is 0 Å². The van der Waals surface area contributed by atoms with Crippen LogP contribution >= 0.6 is 23.2 Å². The second-order valence-corrected chi connectivity index (χ2v) is 3.37. The second-order valence-electron chi connectivity index (χ2n) is 2.55. The topological polar surface area (TPSA) is 23.1 Å². The van der Waals surface area contributed by atoms with Gasteiger partial charge >= 0.3 is 18.9 Å². The summed E-state index contributed by atoms with van der Waals surface area (Å²) in [4.78, 5) is 0. The Morgan fingerprint density at radius 3 is 2.36 bits per heavy atom. The third-order valence-electron chi connectivity index (χ3n) is 1.57. The molecule has 0 aliphatic carbocycles. The van der Waals surface area contributed by atoms with Crippen LogP contribution in [-0.2, 0) is 0 Å². The molecule has 1 rings (SSSR count). The monoisotopic (exact) mass is 222 g/mol. The van der Waals surface area contributed by atoms with Gasteiger partial charge in [-0.25, -0.2) is 0 Å². The third-order valence-corrected chi connectivity index (χ3v) is 2.04. The molecule has 0 aliphatic heterocycles. The summed E-state index contributed by atoms with van der Waals surface area (Å²) in [6.07, 6.45) is 2.18. The van der Waals surface area contributed by atoms with Crippen LogP contribution < -0.4 is 24.0 Å². The molecule has 1 aromatic carbocycles. The van der Waals surface area contributed by atoms with E-state index in [4.69, 9.17) is 23.2 Å². The van der Waals surface area contributed by atoms with Crippen LogP contribution in [0.5, 0.6) is 0 Å². The van der Waals surface area contributed by atoms with Crippen molar-refractivity contribution in [1.82, 2.24) is 0 Å². The summed E-state index contributed by atoms with van der Waals surface area (Å²) < 4.78 is 0. The van der Waals surface area contributed by atoms with Gasteiger partial charge in [-0.15, -0.1) is 17.4 Å². The molecule has 0 saturated carbocycles. The molecule has 0 spiro atoms. The first-order chi connectivity index (χ1) is 6.24. The molecule has 0 bridgehead atoms. The Balaban J connectivity index is 0.00000169. The normalized spacial score (nSPS) is 10.9. The van der Waals surface area contributed by atoms with Gasteiger partial charge in [-0.2, -0.15) is 0 Å². The molecule has 0 fully saturated rings. The fourth-order valence-corrected chi connectivity index (χ4v) is 1.15. The van der Waals surface area contributed by atoms with Crippen LogP contribution in [0.15, 0.2) is 30.3 Å². The van der Waals surface area contributed by atoms with Gasteiger partial charge in [-0.1, -0.05) is 29.8 Å². The smallest absolute Gasteiger partial charge is 0.872 e. The van der Waals surface area contributed by atoms with Gasteiger partial charge in [-0.05, 0) is 24.1 Å². The van der Waals surface area contributed by atoms with Crippen molar-refractivity contribution in [3.05, 3.63) is 40.9 Å². The molecule has 0 amide bonds. The zero-order valence-corrected chi connectivity index (χ0v) is 9.48. The summed E-state index contributed by atoms with van der Waals surface area (Å²) in [5.74, 6) is 0.469. The van der Waals surface area contributed by atoms with E-state index in [0.717, 1.165) is 0 Å². The van der Waals surface area contributed by atoms with Gasteiger partial charge in [-0.3, -0.25) is 0 Å². The molecule has 70 valence electrons. The van der Waals surface area contributed by atoms with Crippen molar-refractivity contribution < 1.29 is 24.0 Å². The molecule has 0 aliphatic rings. The molecule has 4 heteroatoms. The Labute approximate surface area is 106 Å². The first-order valence-electron chi connectivity index (χ1n) is 3.93. The Hall–Kier alpha value is -0.0626. The Morgan fingerprint density at radius 1 is 1.29 bits per heavy atom. The van der Waals surface area contributed by atoms with E-state index < -0.39 is 0 Å². The van der Waals surface area contributed by atoms with Crippen LogP contribution in [0.3, 0.4) is 0 Å². The first-order valence-corrected chi connectivity index (χ1v) is 4.84. The average Bonchev–Trinajstić information content (AvgIpc) is 2.15. The van der Waals surface area contributed by atoms with Gasteiger partial charge in [0.25, 0.3) is 0 Å². The molecule has 0 heterocycles. The van der Waals surface area contributed by atoms with Gasteiger partial charge in [0.2, 0.25) is 0 Å². The zero-order chi connectivity index (χ0) is 9.68. The van der Waals surface area contributed by atoms with Crippen molar-refractivity contribution in [3.8, 4) is 0 Å². The van der Waals surface area contributed by atoms with Crippen LogP contribution in [0.4, 0.5) is 0 Å². The Kier molecular flexibility index (Phi) is 7.23. The predicted octanol–water partition coefficient (Wildman–Crippen LogP) is -0.326. The quantitative estimate of drug-likeness (QED) is 0.391. The molecule has 0 N–H and O–H groups in total. The van der Waals surface area contributed by atoms with Gasteiger partial charge in [0, 0.05) is 10.9 Å². The summed E-state index contributed by atoms with van der Waals surface area (Å²) >= 11 is 11.1. The number of alkyl halides is 1. The maximum absolute atomic E-state index is 11.4. The number of halogens is 2. The molecule has 0 aromatic heterocycles. The number of hydrogen-bond donors (Lipinski definition) is 0. The minimum atomic E-state index is -0.00248. The fraction of sp³-hybridized carbons (Fsp3) is 0.200. The van der Waals surface area contributed by atoms with E-state index in [2.05, 4.69) is 0 Å². The van der Waals surface area contributed by atoms with Crippen molar-refractivity contribution in [1.29, 1.82) is 0 Å². The van der Waals surface area contributed by atoms with Crippen molar-refractivity contribution in [2.45, 2.75) is 6.42 Å². The van der Waals surface area contributed by atoms with Crippen LogP contribution in [-0.4, -0.2) is 5.88 Å². The van der Waals surface area contributed by atoms with E-state index in [9.17, 15) is 5.11 Å². The second kappa shape index (κ2) is 7.26. The van der Waals surface area contributed by atoms with Crippen LogP contribution in [0.2, 0.25) is 5.02 Å². The maximum Gasteiger partial charge on any atom is 1.00 e. The van der Waals surface area contributed by atoms with E-state index >= 15 is 0 Å². The molecule has 0 atom stereocenters. The fourth-order valence-electron chi connectivity index (χ4n) is 0.918. The number of hydrogen-bond acceptors (Lipinski definition) is 1. The van der Waals surface area contributed by atoms with E-state index in [0.29, 0.717) is 22.9 Å². The number of benzene rings is 1. The Morgan fingerprint density at radius 2 is 1.86 bits per heavy atom. The van der Waals surface area contributed by atoms with E-state index in [1.807, 2.05) is 0 Å². The molecular weight excluding hydrogens is 214 g/mol. The summed E-state index contributed by atoms with van der Waals surface area (Å²) in [5.41, 5.74) is 0.648. The van der Waals surface area contributed by atoms with E-state index in [1.54, 1.807) is 30.3 Å². The number of allylic oxidation sites excluding steroid dienone is 1. The molecule has 1 aromatic rings. The first kappa shape index (κ1) is 13.9.